The predicted octanol–water partition coefficient (Wildman–Crippen LogP) is 5.87. The molecule has 0 atom stereocenters. The van der Waals surface area contributed by atoms with Crippen LogP contribution in [-0.2, 0) is 24.2 Å². The Morgan fingerprint density at radius 2 is 1.88 bits per heavy atom. The van der Waals surface area contributed by atoms with Gasteiger partial charge in [0.2, 0.25) is 0 Å². The van der Waals surface area contributed by atoms with Crippen molar-refractivity contribution in [3.05, 3.63) is 58.9 Å². The lowest BCUT2D eigenvalue weighted by atomic mass is 10.1. The molecule has 0 amide bonds. The minimum Gasteiger partial charge on any atom is -0.443 e. The van der Waals surface area contributed by atoms with Crippen molar-refractivity contribution in [2.24, 2.45) is 0 Å². The number of aromatic nitrogens is 3. The van der Waals surface area contributed by atoms with Gasteiger partial charge in [-0.25, -0.2) is 22.8 Å². The van der Waals surface area contributed by atoms with E-state index in [1.165, 1.54) is 35.6 Å². The number of anilines is 1. The number of benzene rings is 1. The highest BCUT2D eigenvalue weighted by molar-refractivity contribution is 5.81. The zero-order chi connectivity index (χ0) is 24.2. The fourth-order valence-corrected chi connectivity index (χ4v) is 4.67. The Bertz CT molecular complexity index is 1230. The Kier molecular flexibility index (Phi) is 5.49. The summed E-state index contributed by atoms with van der Waals surface area (Å²) in [5.41, 5.74) is 1.93. The van der Waals surface area contributed by atoms with E-state index >= 15 is 0 Å². The minimum absolute atomic E-state index is 0.180. The predicted molar refractivity (Wildman–Crippen MR) is 126 cm³/mol. The van der Waals surface area contributed by atoms with Crippen LogP contribution in [0.15, 0.2) is 30.3 Å². The van der Waals surface area contributed by atoms with Crippen LogP contribution in [0.25, 0.3) is 11.3 Å². The first-order valence-electron chi connectivity index (χ1n) is 11.9. The molecule has 1 aliphatic carbocycles. The van der Waals surface area contributed by atoms with Crippen molar-refractivity contribution in [1.29, 1.82) is 0 Å². The van der Waals surface area contributed by atoms with Gasteiger partial charge < -0.3 is 9.64 Å². The van der Waals surface area contributed by atoms with Gasteiger partial charge in [0.1, 0.15) is 23.1 Å². The number of fused-ring (bicyclic) bond motifs is 1. The summed E-state index contributed by atoms with van der Waals surface area (Å²) in [6, 6.07) is 7.61. The van der Waals surface area contributed by atoms with Crippen LogP contribution < -0.4 is 4.90 Å². The molecule has 6 nitrogen and oxygen atoms in total. The highest BCUT2D eigenvalue weighted by atomic mass is 19.1. The van der Waals surface area contributed by atoms with Gasteiger partial charge >= 0.3 is 6.09 Å². The van der Waals surface area contributed by atoms with Crippen molar-refractivity contribution in [2.45, 2.75) is 71.6 Å². The Labute approximate surface area is 198 Å². The fourth-order valence-electron chi connectivity index (χ4n) is 4.67. The third-order valence-corrected chi connectivity index (χ3v) is 6.36. The van der Waals surface area contributed by atoms with Crippen LogP contribution in [0, 0.1) is 11.6 Å². The van der Waals surface area contributed by atoms with E-state index in [1.54, 1.807) is 26.8 Å². The second-order valence-corrected chi connectivity index (χ2v) is 10.1. The van der Waals surface area contributed by atoms with Crippen LogP contribution in [0.2, 0.25) is 0 Å². The molecule has 8 heteroatoms. The van der Waals surface area contributed by atoms with Gasteiger partial charge in [-0.05, 0) is 64.3 Å². The molecule has 2 aromatic heterocycles. The van der Waals surface area contributed by atoms with Crippen LogP contribution in [-0.4, -0.2) is 32.6 Å². The summed E-state index contributed by atoms with van der Waals surface area (Å²) in [4.78, 5) is 15.4. The molecule has 5 rings (SSSR count). The summed E-state index contributed by atoms with van der Waals surface area (Å²) in [6.07, 6.45) is 2.27. The van der Waals surface area contributed by atoms with Crippen molar-refractivity contribution >= 4 is 11.9 Å². The largest absolute Gasteiger partial charge is 0.443 e. The lowest BCUT2D eigenvalue weighted by Gasteiger charge is -2.30. The number of nitrogens with zero attached hydrogens (tertiary/aromatic N) is 4. The molecule has 0 bridgehead atoms. The zero-order valence-electron chi connectivity index (χ0n) is 20.1. The van der Waals surface area contributed by atoms with E-state index in [-0.39, 0.29) is 11.3 Å². The molecule has 3 heterocycles. The number of aryl methyl sites for hydroxylation is 1. The van der Waals surface area contributed by atoms with Crippen LogP contribution in [0.4, 0.5) is 19.4 Å². The normalized spacial score (nSPS) is 16.0. The molecule has 0 unspecified atom stereocenters. The minimum atomic E-state index is -0.743. The molecular weight excluding hydrogens is 438 g/mol. The van der Waals surface area contributed by atoms with E-state index in [4.69, 9.17) is 9.84 Å². The average Bonchev–Trinajstić information content (AvgIpc) is 3.40. The first-order chi connectivity index (χ1) is 16.2. The maximum Gasteiger partial charge on any atom is 0.419 e. The molecule has 2 aliphatic rings. The van der Waals surface area contributed by atoms with Crippen LogP contribution in [0.3, 0.4) is 0 Å². The summed E-state index contributed by atoms with van der Waals surface area (Å²) >= 11 is 0. The molecule has 34 heavy (non-hydrogen) atoms. The van der Waals surface area contributed by atoms with E-state index in [0.717, 1.165) is 29.3 Å². The maximum absolute atomic E-state index is 14.8. The zero-order valence-corrected chi connectivity index (χ0v) is 20.1. The standard InChI is InChI=1S/C26H30F2N4O2/c1-5-31-23(14-20(29-31)16-9-10-16)30-12-11-21-17(15-30)13-22(24-18(27)7-6-8-19(24)28)32(21)25(33)34-26(2,3)4/h6-8,13-14,16H,5,9-12,15H2,1-4H3. The molecule has 0 saturated heterocycles. The Balaban J connectivity index is 1.57. The first kappa shape index (κ1) is 22.6. The van der Waals surface area contributed by atoms with Crippen molar-refractivity contribution in [2.75, 3.05) is 11.4 Å². The number of carbonyl (C=O) groups excluding carboxylic acids is 1. The first-order valence-corrected chi connectivity index (χ1v) is 11.9. The molecule has 0 radical (unpaired) electrons. The van der Waals surface area contributed by atoms with Crippen LogP contribution >= 0.6 is 0 Å². The molecule has 180 valence electrons. The molecule has 1 saturated carbocycles. The van der Waals surface area contributed by atoms with Gasteiger partial charge in [0.25, 0.3) is 0 Å². The van der Waals surface area contributed by atoms with Gasteiger partial charge in [-0.3, -0.25) is 0 Å². The summed E-state index contributed by atoms with van der Waals surface area (Å²) in [6.45, 7) is 9.33. The number of halogens is 2. The number of carbonyl (C=O) groups is 1. The van der Waals surface area contributed by atoms with Gasteiger partial charge in [0, 0.05) is 43.7 Å². The highest BCUT2D eigenvalue weighted by Crippen LogP contribution is 2.41. The van der Waals surface area contributed by atoms with Crippen molar-refractivity contribution in [1.82, 2.24) is 14.3 Å². The molecular formula is C26H30F2N4O2. The van der Waals surface area contributed by atoms with Gasteiger partial charge in [-0.1, -0.05) is 6.07 Å². The monoisotopic (exact) mass is 468 g/mol. The van der Waals surface area contributed by atoms with Crippen molar-refractivity contribution < 1.29 is 18.3 Å². The number of hydrogen-bond donors (Lipinski definition) is 0. The van der Waals surface area contributed by atoms with Gasteiger partial charge in [0.15, 0.2) is 0 Å². The third kappa shape index (κ3) is 4.10. The summed E-state index contributed by atoms with van der Waals surface area (Å²) in [5, 5.41) is 4.78. The second-order valence-electron chi connectivity index (χ2n) is 10.1. The lowest BCUT2D eigenvalue weighted by molar-refractivity contribution is 0.0535. The second kappa shape index (κ2) is 8.25. The summed E-state index contributed by atoms with van der Waals surface area (Å²) in [7, 11) is 0. The number of hydrogen-bond acceptors (Lipinski definition) is 4. The maximum atomic E-state index is 14.8. The quantitative estimate of drug-likeness (QED) is 0.480. The van der Waals surface area contributed by atoms with Gasteiger partial charge in [-0.2, -0.15) is 5.10 Å². The van der Waals surface area contributed by atoms with E-state index < -0.39 is 23.3 Å². The van der Waals surface area contributed by atoms with E-state index in [2.05, 4.69) is 17.9 Å². The topological polar surface area (TPSA) is 52.3 Å². The smallest absolute Gasteiger partial charge is 0.419 e. The highest BCUT2D eigenvalue weighted by Gasteiger charge is 2.33. The number of ether oxygens (including phenoxy) is 1. The Morgan fingerprint density at radius 3 is 2.50 bits per heavy atom. The van der Waals surface area contributed by atoms with Crippen molar-refractivity contribution in [3.63, 3.8) is 0 Å². The molecule has 1 fully saturated rings. The molecule has 0 spiro atoms. The fraction of sp³-hybridized carbons (Fsp3) is 0.462. The Morgan fingerprint density at radius 1 is 1.18 bits per heavy atom. The third-order valence-electron chi connectivity index (χ3n) is 6.36. The summed E-state index contributed by atoms with van der Waals surface area (Å²) < 4.78 is 38.6. The summed E-state index contributed by atoms with van der Waals surface area (Å²) in [5.74, 6) is 0.166. The molecule has 0 N–H and O–H groups in total. The van der Waals surface area contributed by atoms with Crippen LogP contribution in [0.5, 0.6) is 0 Å². The van der Waals surface area contributed by atoms with E-state index in [9.17, 15) is 13.6 Å². The Hall–Kier alpha value is -3.16. The van der Waals surface area contributed by atoms with Crippen molar-refractivity contribution in [3.8, 4) is 11.3 Å². The van der Waals surface area contributed by atoms with Crippen LogP contribution in [0.1, 0.15) is 63.4 Å². The lowest BCUT2D eigenvalue weighted by Crippen LogP contribution is -2.34. The van der Waals surface area contributed by atoms with E-state index in [0.29, 0.717) is 25.4 Å². The molecule has 3 aromatic rings. The SMILES string of the molecule is CCn1nc(C2CC2)cc1N1CCc2c(cc(-c3c(F)cccc3F)n2C(=O)OC(C)(C)C)C1. The van der Waals surface area contributed by atoms with E-state index in [1.807, 2.05) is 4.68 Å². The number of rotatable bonds is 4. The average molecular weight is 469 g/mol. The van der Waals surface area contributed by atoms with Gasteiger partial charge in [-0.15, -0.1) is 0 Å². The molecule has 1 aliphatic heterocycles. The van der Waals surface area contributed by atoms with Gasteiger partial charge in [0.05, 0.1) is 17.0 Å². The molecule has 1 aromatic carbocycles.